The van der Waals surface area contributed by atoms with Crippen LogP contribution in [0.25, 0.3) is 11.0 Å². The topological polar surface area (TPSA) is 95.7 Å². The van der Waals surface area contributed by atoms with E-state index in [1.54, 1.807) is 18.2 Å². The van der Waals surface area contributed by atoms with Gasteiger partial charge in [-0.15, -0.1) is 0 Å². The van der Waals surface area contributed by atoms with E-state index < -0.39 is 22.0 Å². The zero-order valence-corrected chi connectivity index (χ0v) is 16.7. The Balaban J connectivity index is 2.02. The van der Waals surface area contributed by atoms with Crippen LogP contribution in [-0.2, 0) is 27.9 Å². The molecule has 8 nitrogen and oxygen atoms in total. The van der Waals surface area contributed by atoms with Gasteiger partial charge in [-0.05, 0) is 44.0 Å². The summed E-state index contributed by atoms with van der Waals surface area (Å²) in [6, 6.07) is 4.50. The smallest absolute Gasteiger partial charge is 0.320 e. The maximum atomic E-state index is 12.4. The highest BCUT2D eigenvalue weighted by molar-refractivity contribution is 7.89. The minimum Gasteiger partial charge on any atom is -0.480 e. The summed E-state index contributed by atoms with van der Waals surface area (Å²) in [7, 11) is -0.531. The van der Waals surface area contributed by atoms with E-state index in [4.69, 9.17) is 0 Å². The van der Waals surface area contributed by atoms with E-state index in [-0.39, 0.29) is 4.90 Å². The number of likely N-dealkylation sites (tertiary alicyclic amines) is 1. The van der Waals surface area contributed by atoms with E-state index in [0.29, 0.717) is 18.5 Å². The van der Waals surface area contributed by atoms with E-state index in [2.05, 4.69) is 16.5 Å². The van der Waals surface area contributed by atoms with Gasteiger partial charge in [-0.3, -0.25) is 9.69 Å². The lowest BCUT2D eigenvalue weighted by molar-refractivity contribution is -0.142. The van der Waals surface area contributed by atoms with Crippen molar-refractivity contribution < 1.29 is 18.3 Å². The van der Waals surface area contributed by atoms with Crippen LogP contribution in [0.3, 0.4) is 0 Å². The van der Waals surface area contributed by atoms with Crippen molar-refractivity contribution in [1.82, 2.24) is 18.8 Å². The quantitative estimate of drug-likeness (QED) is 0.769. The van der Waals surface area contributed by atoms with Crippen LogP contribution in [0.5, 0.6) is 0 Å². The molecule has 1 aromatic heterocycles. The SMILES string of the molecule is CCCn1c(CN2CCC[C@H]2C(=O)O)nc2cc(S(=O)(=O)N(C)C)ccc21. The van der Waals surface area contributed by atoms with E-state index in [1.807, 2.05) is 4.90 Å². The first-order chi connectivity index (χ1) is 12.8. The fourth-order valence-electron chi connectivity index (χ4n) is 3.60. The predicted molar refractivity (Wildman–Crippen MR) is 102 cm³/mol. The molecule has 1 aromatic carbocycles. The van der Waals surface area contributed by atoms with Gasteiger partial charge in [-0.25, -0.2) is 17.7 Å². The number of hydrogen-bond acceptors (Lipinski definition) is 5. The van der Waals surface area contributed by atoms with Crippen molar-refractivity contribution in [2.24, 2.45) is 0 Å². The summed E-state index contributed by atoms with van der Waals surface area (Å²) in [5.41, 5.74) is 1.49. The average molecular weight is 394 g/mol. The molecule has 0 bridgehead atoms. The van der Waals surface area contributed by atoms with Crippen molar-refractivity contribution >= 4 is 27.0 Å². The Kier molecular flexibility index (Phi) is 5.55. The minimum atomic E-state index is -3.53. The van der Waals surface area contributed by atoms with Crippen LogP contribution in [0.15, 0.2) is 23.1 Å². The van der Waals surface area contributed by atoms with Crippen LogP contribution in [-0.4, -0.2) is 64.9 Å². The fraction of sp³-hybridized carbons (Fsp3) is 0.556. The van der Waals surface area contributed by atoms with Crippen molar-refractivity contribution in [3.05, 3.63) is 24.0 Å². The number of imidazole rings is 1. The Morgan fingerprint density at radius 3 is 2.74 bits per heavy atom. The van der Waals surface area contributed by atoms with Gasteiger partial charge in [-0.2, -0.15) is 0 Å². The Hall–Kier alpha value is -1.97. The maximum Gasteiger partial charge on any atom is 0.320 e. The van der Waals surface area contributed by atoms with Gasteiger partial charge < -0.3 is 9.67 Å². The number of carboxylic acids is 1. The van der Waals surface area contributed by atoms with Gasteiger partial charge >= 0.3 is 5.97 Å². The molecule has 9 heteroatoms. The number of rotatable bonds is 7. The highest BCUT2D eigenvalue weighted by Gasteiger charge is 2.31. The number of sulfonamides is 1. The van der Waals surface area contributed by atoms with Crippen molar-refractivity contribution in [2.75, 3.05) is 20.6 Å². The van der Waals surface area contributed by atoms with Crippen molar-refractivity contribution in [1.29, 1.82) is 0 Å². The molecule has 1 atom stereocenters. The normalized spacial score (nSPS) is 18.6. The number of benzene rings is 1. The lowest BCUT2D eigenvalue weighted by Gasteiger charge is -2.21. The zero-order chi connectivity index (χ0) is 19.8. The lowest BCUT2D eigenvalue weighted by Crippen LogP contribution is -2.36. The molecule has 0 radical (unpaired) electrons. The second-order valence-corrected chi connectivity index (χ2v) is 9.24. The van der Waals surface area contributed by atoms with Gasteiger partial charge in [0.15, 0.2) is 0 Å². The molecule has 1 fully saturated rings. The Bertz CT molecular complexity index is 952. The first kappa shape index (κ1) is 19.8. The number of aryl methyl sites for hydroxylation is 1. The average Bonchev–Trinajstić information content (AvgIpc) is 3.20. The molecule has 2 heterocycles. The Morgan fingerprint density at radius 2 is 2.11 bits per heavy atom. The van der Waals surface area contributed by atoms with Gasteiger partial charge in [0.25, 0.3) is 0 Å². The van der Waals surface area contributed by atoms with Gasteiger partial charge in [-0.1, -0.05) is 6.92 Å². The third-order valence-electron chi connectivity index (χ3n) is 5.02. The molecule has 148 valence electrons. The number of hydrogen-bond donors (Lipinski definition) is 1. The molecule has 2 aromatic rings. The second-order valence-electron chi connectivity index (χ2n) is 7.08. The summed E-state index contributed by atoms with van der Waals surface area (Å²) < 4.78 is 28.1. The van der Waals surface area contributed by atoms with Gasteiger partial charge in [0.05, 0.1) is 22.5 Å². The standard InChI is InChI=1S/C18H26N4O4S/c1-4-9-22-15-8-7-13(27(25,26)20(2)3)11-14(15)19-17(22)12-21-10-5-6-16(21)18(23)24/h7-8,11,16H,4-6,9-10,12H2,1-3H3,(H,23,24)/t16-/m0/s1. The third-order valence-corrected chi connectivity index (χ3v) is 6.83. The number of aliphatic carboxylic acids is 1. The number of carboxylic acid groups (broad SMARTS) is 1. The number of carbonyl (C=O) groups is 1. The van der Waals surface area contributed by atoms with Gasteiger partial charge in [0, 0.05) is 20.6 Å². The molecule has 0 amide bonds. The van der Waals surface area contributed by atoms with E-state index >= 15 is 0 Å². The summed E-state index contributed by atoms with van der Waals surface area (Å²) in [6.07, 6.45) is 2.41. The third kappa shape index (κ3) is 3.71. The largest absolute Gasteiger partial charge is 0.480 e. The van der Waals surface area contributed by atoms with Crippen molar-refractivity contribution in [2.45, 2.75) is 50.2 Å². The summed E-state index contributed by atoms with van der Waals surface area (Å²) in [4.78, 5) is 18.3. The Labute approximate surface area is 159 Å². The van der Waals surface area contributed by atoms with Gasteiger partial charge in [0.1, 0.15) is 11.9 Å². The number of nitrogens with zero attached hydrogens (tertiary/aromatic N) is 4. The van der Waals surface area contributed by atoms with E-state index in [0.717, 1.165) is 37.3 Å². The summed E-state index contributed by atoms with van der Waals surface area (Å²) in [6.45, 7) is 3.99. The molecular formula is C18H26N4O4S. The maximum absolute atomic E-state index is 12.4. The molecular weight excluding hydrogens is 368 g/mol. The van der Waals surface area contributed by atoms with E-state index in [1.165, 1.54) is 18.4 Å². The minimum absolute atomic E-state index is 0.206. The molecule has 1 aliphatic heterocycles. The molecule has 0 aliphatic carbocycles. The van der Waals surface area contributed by atoms with Crippen LogP contribution in [0.2, 0.25) is 0 Å². The second kappa shape index (κ2) is 7.57. The number of aromatic nitrogens is 2. The first-order valence-corrected chi connectivity index (χ1v) is 10.6. The van der Waals surface area contributed by atoms with Crippen LogP contribution in [0, 0.1) is 0 Å². The fourth-order valence-corrected chi connectivity index (χ4v) is 4.52. The van der Waals surface area contributed by atoms with Crippen LogP contribution in [0.1, 0.15) is 32.0 Å². The molecule has 1 N–H and O–H groups in total. The van der Waals surface area contributed by atoms with E-state index in [9.17, 15) is 18.3 Å². The lowest BCUT2D eigenvalue weighted by atomic mass is 10.2. The number of fused-ring (bicyclic) bond motifs is 1. The van der Waals surface area contributed by atoms with Crippen LogP contribution < -0.4 is 0 Å². The predicted octanol–water partition coefficient (Wildman–Crippen LogP) is 1.75. The summed E-state index contributed by atoms with van der Waals surface area (Å²) in [5, 5.41) is 9.41. The molecule has 3 rings (SSSR count). The molecule has 0 saturated carbocycles. The zero-order valence-electron chi connectivity index (χ0n) is 15.9. The first-order valence-electron chi connectivity index (χ1n) is 9.14. The van der Waals surface area contributed by atoms with Crippen LogP contribution in [0.4, 0.5) is 0 Å². The molecule has 1 aliphatic rings. The molecule has 27 heavy (non-hydrogen) atoms. The molecule has 1 saturated heterocycles. The van der Waals surface area contributed by atoms with Crippen LogP contribution >= 0.6 is 0 Å². The Morgan fingerprint density at radius 1 is 1.37 bits per heavy atom. The highest BCUT2D eigenvalue weighted by atomic mass is 32.2. The highest BCUT2D eigenvalue weighted by Crippen LogP contribution is 2.25. The summed E-state index contributed by atoms with van der Waals surface area (Å²) in [5.74, 6) is -0.0237. The molecule has 0 spiro atoms. The van der Waals surface area contributed by atoms with Gasteiger partial charge in [0.2, 0.25) is 10.0 Å². The molecule has 0 unspecified atom stereocenters. The summed E-state index contributed by atoms with van der Waals surface area (Å²) >= 11 is 0. The van der Waals surface area contributed by atoms with Crippen molar-refractivity contribution in [3.8, 4) is 0 Å². The monoisotopic (exact) mass is 394 g/mol. The van der Waals surface area contributed by atoms with Crippen molar-refractivity contribution in [3.63, 3.8) is 0 Å².